The molecule has 0 bridgehead atoms. The van der Waals surface area contributed by atoms with Gasteiger partial charge in [-0.1, -0.05) is 11.6 Å². The van der Waals surface area contributed by atoms with E-state index in [0.29, 0.717) is 0 Å². The molecule has 0 aliphatic rings. The van der Waals surface area contributed by atoms with Gasteiger partial charge in [-0.3, -0.25) is 0 Å². The molecular weight excluding hydrogens is 245 g/mol. The maximum Gasteiger partial charge on any atom is 0.123 e. The van der Waals surface area contributed by atoms with Gasteiger partial charge in [0.05, 0.1) is 7.11 Å². The largest absolute Gasteiger partial charge is 0.496 e. The van der Waals surface area contributed by atoms with Crippen molar-refractivity contribution in [3.05, 3.63) is 28.8 Å². The average Bonchev–Trinajstić information content (AvgIpc) is 2.16. The topological polar surface area (TPSA) is 12.5 Å². The summed E-state index contributed by atoms with van der Waals surface area (Å²) in [6.07, 6.45) is 0. The molecule has 0 fully saturated rings. The molecule has 0 saturated carbocycles. The molecule has 0 N–H and O–H groups in total. The second kappa shape index (κ2) is 6.33. The molecule has 4 heteroatoms. The Kier molecular flexibility index (Phi) is 5.39. The molecule has 1 atom stereocenters. The minimum absolute atomic E-state index is 0.134. The van der Waals surface area contributed by atoms with Crippen LogP contribution in [0.5, 0.6) is 5.75 Å². The van der Waals surface area contributed by atoms with Crippen LogP contribution in [0, 0.1) is 0 Å². The van der Waals surface area contributed by atoms with Crippen molar-refractivity contribution in [3.8, 4) is 5.75 Å². The quantitative estimate of drug-likeness (QED) is 0.754. The van der Waals surface area contributed by atoms with E-state index in [4.69, 9.17) is 27.9 Å². The predicted octanol–water partition coefficient (Wildman–Crippen LogP) is 3.41. The molecule has 1 aromatic carbocycles. The summed E-state index contributed by atoms with van der Waals surface area (Å²) >= 11 is 11.9. The number of hydrogen-bond donors (Lipinski definition) is 0. The van der Waals surface area contributed by atoms with Crippen molar-refractivity contribution in [2.24, 2.45) is 0 Å². The van der Waals surface area contributed by atoms with Crippen LogP contribution >= 0.6 is 23.2 Å². The molecule has 16 heavy (non-hydrogen) atoms. The van der Waals surface area contributed by atoms with Gasteiger partial charge in [0.25, 0.3) is 0 Å². The van der Waals surface area contributed by atoms with Gasteiger partial charge in [-0.15, -0.1) is 11.6 Å². The van der Waals surface area contributed by atoms with E-state index in [9.17, 15) is 0 Å². The minimum atomic E-state index is 0.134. The summed E-state index contributed by atoms with van der Waals surface area (Å²) in [4.78, 5) is 2.14. The van der Waals surface area contributed by atoms with Gasteiger partial charge in [0.15, 0.2) is 0 Å². The lowest BCUT2D eigenvalue weighted by Gasteiger charge is -2.19. The summed E-state index contributed by atoms with van der Waals surface area (Å²) in [7, 11) is 3.69. The minimum Gasteiger partial charge on any atom is -0.496 e. The predicted molar refractivity (Wildman–Crippen MR) is 69.7 cm³/mol. The van der Waals surface area contributed by atoms with Gasteiger partial charge in [-0.05, 0) is 32.2 Å². The van der Waals surface area contributed by atoms with Gasteiger partial charge >= 0.3 is 0 Å². The Bertz CT molecular complexity index is 342. The fourth-order valence-electron chi connectivity index (χ4n) is 1.66. The fourth-order valence-corrected chi connectivity index (χ4v) is 2.09. The molecule has 90 valence electrons. The zero-order valence-corrected chi connectivity index (χ0v) is 11.3. The monoisotopic (exact) mass is 261 g/mol. The smallest absolute Gasteiger partial charge is 0.123 e. The Balaban J connectivity index is 2.74. The average molecular weight is 262 g/mol. The maximum absolute atomic E-state index is 5.96. The van der Waals surface area contributed by atoms with Gasteiger partial charge in [-0.25, -0.2) is 0 Å². The van der Waals surface area contributed by atoms with Crippen molar-refractivity contribution < 1.29 is 4.74 Å². The highest BCUT2D eigenvalue weighted by atomic mass is 35.5. The van der Waals surface area contributed by atoms with Gasteiger partial charge in [0.2, 0.25) is 0 Å². The zero-order valence-electron chi connectivity index (χ0n) is 9.84. The molecule has 0 radical (unpaired) electrons. The molecule has 0 heterocycles. The first-order valence-electron chi connectivity index (χ1n) is 5.18. The summed E-state index contributed by atoms with van der Waals surface area (Å²) in [5, 5.41) is 0.860. The normalized spacial score (nSPS) is 12.9. The van der Waals surface area contributed by atoms with Gasteiger partial charge in [0.1, 0.15) is 5.75 Å². The van der Waals surface area contributed by atoms with Crippen molar-refractivity contribution in [2.45, 2.75) is 18.8 Å². The molecule has 0 saturated heterocycles. The lowest BCUT2D eigenvalue weighted by atomic mass is 10.2. The summed E-state index contributed by atoms with van der Waals surface area (Å²) in [5.41, 5.74) is 1.08. The highest BCUT2D eigenvalue weighted by Crippen LogP contribution is 2.23. The van der Waals surface area contributed by atoms with Crippen LogP contribution in [0.15, 0.2) is 18.2 Å². The molecular formula is C12H17Cl2NO. The third-order valence-corrected chi connectivity index (χ3v) is 2.62. The van der Waals surface area contributed by atoms with E-state index in [1.165, 1.54) is 0 Å². The van der Waals surface area contributed by atoms with Crippen LogP contribution < -0.4 is 4.74 Å². The van der Waals surface area contributed by atoms with Crippen molar-refractivity contribution >= 4 is 23.2 Å². The number of methoxy groups -OCH3 is 1. The van der Waals surface area contributed by atoms with Gasteiger partial charge < -0.3 is 9.64 Å². The SMILES string of the molecule is COc1ccc(Cl)cc1CN(C)CC(C)Cl. The molecule has 0 amide bonds. The van der Waals surface area contributed by atoms with Gasteiger partial charge in [-0.2, -0.15) is 0 Å². The first kappa shape index (κ1) is 13.6. The Morgan fingerprint density at radius 2 is 2.12 bits per heavy atom. The van der Waals surface area contributed by atoms with Crippen LogP contribution in [0.3, 0.4) is 0 Å². The molecule has 0 aliphatic carbocycles. The number of halogens is 2. The van der Waals surface area contributed by atoms with E-state index in [1.807, 2.05) is 32.2 Å². The molecule has 1 unspecified atom stereocenters. The summed E-state index contributed by atoms with van der Waals surface area (Å²) in [6.45, 7) is 3.59. The maximum atomic E-state index is 5.96. The first-order chi connectivity index (χ1) is 7.52. The van der Waals surface area contributed by atoms with E-state index in [-0.39, 0.29) is 5.38 Å². The number of rotatable bonds is 5. The Morgan fingerprint density at radius 1 is 1.44 bits per heavy atom. The molecule has 0 spiro atoms. The summed E-state index contributed by atoms with van der Waals surface area (Å²) < 4.78 is 5.29. The second-order valence-electron chi connectivity index (χ2n) is 3.93. The Morgan fingerprint density at radius 3 is 2.69 bits per heavy atom. The highest BCUT2D eigenvalue weighted by molar-refractivity contribution is 6.30. The third-order valence-electron chi connectivity index (χ3n) is 2.25. The van der Waals surface area contributed by atoms with Crippen LogP contribution in [-0.4, -0.2) is 31.0 Å². The number of nitrogens with zero attached hydrogens (tertiary/aromatic N) is 1. The number of hydrogen-bond acceptors (Lipinski definition) is 2. The fraction of sp³-hybridized carbons (Fsp3) is 0.500. The third kappa shape index (κ3) is 4.20. The van der Waals surface area contributed by atoms with E-state index >= 15 is 0 Å². The number of ether oxygens (including phenoxy) is 1. The highest BCUT2D eigenvalue weighted by Gasteiger charge is 2.08. The van der Waals surface area contributed by atoms with Crippen LogP contribution in [0.25, 0.3) is 0 Å². The molecule has 1 rings (SSSR count). The second-order valence-corrected chi connectivity index (χ2v) is 5.12. The van der Waals surface area contributed by atoms with Crippen LogP contribution in [-0.2, 0) is 6.54 Å². The van der Waals surface area contributed by atoms with E-state index in [2.05, 4.69) is 4.90 Å². The molecule has 2 nitrogen and oxygen atoms in total. The van der Waals surface area contributed by atoms with Crippen LogP contribution in [0.4, 0.5) is 0 Å². The van der Waals surface area contributed by atoms with E-state index in [0.717, 1.165) is 29.4 Å². The van der Waals surface area contributed by atoms with Crippen molar-refractivity contribution in [1.82, 2.24) is 4.90 Å². The molecule has 0 aromatic heterocycles. The van der Waals surface area contributed by atoms with E-state index < -0.39 is 0 Å². The van der Waals surface area contributed by atoms with Crippen LogP contribution in [0.2, 0.25) is 5.02 Å². The van der Waals surface area contributed by atoms with Crippen molar-refractivity contribution in [3.63, 3.8) is 0 Å². The van der Waals surface area contributed by atoms with Gasteiger partial charge in [0, 0.05) is 29.1 Å². The van der Waals surface area contributed by atoms with Crippen molar-refractivity contribution in [2.75, 3.05) is 20.7 Å². The lowest BCUT2D eigenvalue weighted by Crippen LogP contribution is -2.24. The van der Waals surface area contributed by atoms with E-state index in [1.54, 1.807) is 7.11 Å². The standard InChI is InChI=1S/C12H17Cl2NO/c1-9(13)7-15(2)8-10-6-11(14)4-5-12(10)16-3/h4-6,9H,7-8H2,1-3H3. The lowest BCUT2D eigenvalue weighted by molar-refractivity contribution is 0.320. The Labute approximate surface area is 107 Å². The number of alkyl halides is 1. The Hall–Kier alpha value is -0.440. The molecule has 1 aromatic rings. The first-order valence-corrected chi connectivity index (χ1v) is 5.99. The number of benzene rings is 1. The molecule has 0 aliphatic heterocycles. The van der Waals surface area contributed by atoms with Crippen molar-refractivity contribution in [1.29, 1.82) is 0 Å². The summed E-state index contributed by atoms with van der Waals surface area (Å²) in [6, 6.07) is 5.64. The zero-order chi connectivity index (χ0) is 12.1. The van der Waals surface area contributed by atoms with Crippen LogP contribution in [0.1, 0.15) is 12.5 Å². The summed E-state index contributed by atoms with van der Waals surface area (Å²) in [5.74, 6) is 0.860.